The minimum atomic E-state index is 0.357. The van der Waals surface area contributed by atoms with E-state index in [9.17, 15) is 0 Å². The Balaban J connectivity index is 2.41. The number of nitrogens with zero attached hydrogens (tertiary/aromatic N) is 3. The number of aromatic nitrogens is 2. The Hall–Kier alpha value is -1.19. The minimum absolute atomic E-state index is 0.357. The molecular formula is C14H26N4. The summed E-state index contributed by atoms with van der Waals surface area (Å²) in [6, 6.07) is 0.977. The molecule has 2 heterocycles. The number of nitrogen functional groups attached to an aromatic ring is 1. The van der Waals surface area contributed by atoms with Crippen LogP contribution in [0.5, 0.6) is 0 Å². The molecule has 0 aliphatic carbocycles. The highest BCUT2D eigenvalue weighted by atomic mass is 15.4. The van der Waals surface area contributed by atoms with Crippen molar-refractivity contribution in [3.8, 4) is 0 Å². The van der Waals surface area contributed by atoms with Crippen LogP contribution in [0, 0.1) is 6.92 Å². The van der Waals surface area contributed by atoms with Crippen molar-refractivity contribution in [2.24, 2.45) is 0 Å². The maximum atomic E-state index is 6.26. The molecular weight excluding hydrogens is 224 g/mol. The van der Waals surface area contributed by atoms with E-state index in [-0.39, 0.29) is 0 Å². The second kappa shape index (κ2) is 5.21. The average Bonchev–Trinajstić information content (AvgIpc) is 2.66. The van der Waals surface area contributed by atoms with Gasteiger partial charge in [0.1, 0.15) is 0 Å². The van der Waals surface area contributed by atoms with E-state index >= 15 is 0 Å². The summed E-state index contributed by atoms with van der Waals surface area (Å²) in [5.41, 5.74) is 8.09. The zero-order valence-corrected chi connectivity index (χ0v) is 12.1. The molecule has 2 rings (SSSR count). The van der Waals surface area contributed by atoms with Gasteiger partial charge in [0.2, 0.25) is 0 Å². The van der Waals surface area contributed by atoms with Gasteiger partial charge in [-0.1, -0.05) is 6.92 Å². The fourth-order valence-corrected chi connectivity index (χ4v) is 2.90. The highest BCUT2D eigenvalue weighted by Gasteiger charge is 2.27. The van der Waals surface area contributed by atoms with Crippen molar-refractivity contribution in [3.05, 3.63) is 5.69 Å². The van der Waals surface area contributed by atoms with Gasteiger partial charge in [0.15, 0.2) is 5.82 Å². The van der Waals surface area contributed by atoms with E-state index in [1.807, 2.05) is 6.92 Å². The van der Waals surface area contributed by atoms with Crippen molar-refractivity contribution < 1.29 is 0 Å². The molecule has 4 nitrogen and oxygen atoms in total. The summed E-state index contributed by atoms with van der Waals surface area (Å²) in [5.74, 6) is 1.15. The highest BCUT2D eigenvalue weighted by molar-refractivity contribution is 5.67. The van der Waals surface area contributed by atoms with Gasteiger partial charge >= 0.3 is 0 Å². The summed E-state index contributed by atoms with van der Waals surface area (Å²) >= 11 is 0. The first-order chi connectivity index (χ1) is 8.56. The van der Waals surface area contributed by atoms with Gasteiger partial charge in [0, 0.05) is 18.6 Å². The molecule has 1 aliphatic heterocycles. The summed E-state index contributed by atoms with van der Waals surface area (Å²) < 4.78 is 2.10. The Morgan fingerprint density at radius 3 is 2.72 bits per heavy atom. The lowest BCUT2D eigenvalue weighted by Gasteiger charge is -2.37. The summed E-state index contributed by atoms with van der Waals surface area (Å²) in [4.78, 5) is 2.48. The van der Waals surface area contributed by atoms with Crippen LogP contribution >= 0.6 is 0 Å². The van der Waals surface area contributed by atoms with Gasteiger partial charge in [-0.3, -0.25) is 0 Å². The van der Waals surface area contributed by atoms with Crippen molar-refractivity contribution in [3.63, 3.8) is 0 Å². The number of piperidine rings is 1. The Morgan fingerprint density at radius 1 is 1.39 bits per heavy atom. The molecule has 0 radical (unpaired) electrons. The molecule has 2 N–H and O–H groups in total. The number of aryl methyl sites for hydroxylation is 1. The molecule has 0 aromatic carbocycles. The summed E-state index contributed by atoms with van der Waals surface area (Å²) in [6.07, 6.45) is 5.06. The molecule has 1 fully saturated rings. The van der Waals surface area contributed by atoms with E-state index in [4.69, 9.17) is 5.73 Å². The van der Waals surface area contributed by atoms with Crippen LogP contribution in [-0.2, 0) is 0 Å². The van der Waals surface area contributed by atoms with Crippen LogP contribution in [0.4, 0.5) is 11.5 Å². The molecule has 1 atom stereocenters. The fraction of sp³-hybridized carbons (Fsp3) is 0.786. The first-order valence-electron chi connectivity index (χ1n) is 7.17. The van der Waals surface area contributed by atoms with Crippen LogP contribution in [0.25, 0.3) is 0 Å². The first kappa shape index (κ1) is 13.2. The van der Waals surface area contributed by atoms with Crippen molar-refractivity contribution in [1.82, 2.24) is 9.78 Å². The van der Waals surface area contributed by atoms with Gasteiger partial charge in [0.25, 0.3) is 0 Å². The fourth-order valence-electron chi connectivity index (χ4n) is 2.90. The molecule has 0 bridgehead atoms. The van der Waals surface area contributed by atoms with E-state index in [1.54, 1.807) is 0 Å². The van der Waals surface area contributed by atoms with Gasteiger partial charge in [-0.15, -0.1) is 0 Å². The van der Waals surface area contributed by atoms with Gasteiger partial charge in [-0.2, -0.15) is 5.10 Å². The summed E-state index contributed by atoms with van der Waals surface area (Å²) in [7, 11) is 0. The average molecular weight is 250 g/mol. The maximum Gasteiger partial charge on any atom is 0.151 e. The molecule has 0 spiro atoms. The molecule has 18 heavy (non-hydrogen) atoms. The van der Waals surface area contributed by atoms with Crippen LogP contribution in [0.2, 0.25) is 0 Å². The highest BCUT2D eigenvalue weighted by Crippen LogP contribution is 2.34. The second-order valence-corrected chi connectivity index (χ2v) is 5.61. The Labute approximate surface area is 110 Å². The van der Waals surface area contributed by atoms with Gasteiger partial charge in [-0.05, 0) is 46.5 Å². The maximum absolute atomic E-state index is 6.26. The molecule has 1 saturated heterocycles. The first-order valence-corrected chi connectivity index (χ1v) is 7.17. The van der Waals surface area contributed by atoms with Crippen LogP contribution in [0.3, 0.4) is 0 Å². The van der Waals surface area contributed by atoms with E-state index in [0.717, 1.165) is 23.7 Å². The normalized spacial score (nSPS) is 20.7. The zero-order chi connectivity index (χ0) is 13.3. The predicted octanol–water partition coefficient (Wildman–Crippen LogP) is 3.12. The van der Waals surface area contributed by atoms with Gasteiger partial charge in [0.05, 0.1) is 11.4 Å². The Bertz CT molecular complexity index is 408. The summed E-state index contributed by atoms with van der Waals surface area (Å²) in [6.45, 7) is 9.71. The van der Waals surface area contributed by atoms with E-state index < -0.39 is 0 Å². The SMILES string of the molecule is CCC1CCCCN1c1c(N)c(C)nn1C(C)C. The predicted molar refractivity (Wildman–Crippen MR) is 77.0 cm³/mol. The third-order valence-electron chi connectivity index (χ3n) is 3.97. The third kappa shape index (κ3) is 2.20. The monoisotopic (exact) mass is 250 g/mol. The molecule has 102 valence electrons. The topological polar surface area (TPSA) is 47.1 Å². The summed E-state index contributed by atoms with van der Waals surface area (Å²) in [5, 5.41) is 4.60. The molecule has 0 saturated carbocycles. The zero-order valence-electron chi connectivity index (χ0n) is 12.1. The number of nitrogens with two attached hydrogens (primary N) is 1. The molecule has 1 aromatic rings. The van der Waals surface area contributed by atoms with Crippen molar-refractivity contribution in [2.45, 2.75) is 65.5 Å². The Kier molecular flexibility index (Phi) is 3.83. The lowest BCUT2D eigenvalue weighted by molar-refractivity contribution is 0.428. The standard InChI is InChI=1S/C14H26N4/c1-5-12-8-6-7-9-17(12)14-13(15)11(4)16-18(14)10(2)3/h10,12H,5-9,15H2,1-4H3. The quantitative estimate of drug-likeness (QED) is 0.896. The number of anilines is 2. The molecule has 1 unspecified atom stereocenters. The third-order valence-corrected chi connectivity index (χ3v) is 3.97. The van der Waals surface area contributed by atoms with Gasteiger partial charge < -0.3 is 10.6 Å². The van der Waals surface area contributed by atoms with Crippen molar-refractivity contribution in [1.29, 1.82) is 0 Å². The van der Waals surface area contributed by atoms with E-state index in [2.05, 4.69) is 35.5 Å². The van der Waals surface area contributed by atoms with Crippen molar-refractivity contribution in [2.75, 3.05) is 17.2 Å². The minimum Gasteiger partial charge on any atom is -0.394 e. The van der Waals surface area contributed by atoms with Gasteiger partial charge in [-0.25, -0.2) is 4.68 Å². The van der Waals surface area contributed by atoms with Crippen molar-refractivity contribution >= 4 is 11.5 Å². The molecule has 4 heteroatoms. The van der Waals surface area contributed by atoms with E-state index in [0.29, 0.717) is 12.1 Å². The molecule has 1 aliphatic rings. The van der Waals surface area contributed by atoms with Crippen LogP contribution < -0.4 is 10.6 Å². The Morgan fingerprint density at radius 2 is 2.11 bits per heavy atom. The lowest BCUT2D eigenvalue weighted by Crippen LogP contribution is -2.41. The molecule has 1 aromatic heterocycles. The number of rotatable bonds is 3. The van der Waals surface area contributed by atoms with Crippen LogP contribution in [0.15, 0.2) is 0 Å². The molecule has 0 amide bonds. The van der Waals surface area contributed by atoms with Crippen LogP contribution in [0.1, 0.15) is 58.2 Å². The number of hydrogen-bond donors (Lipinski definition) is 1. The largest absolute Gasteiger partial charge is 0.394 e. The lowest BCUT2D eigenvalue weighted by atomic mass is 10.00. The number of hydrogen-bond acceptors (Lipinski definition) is 3. The second-order valence-electron chi connectivity index (χ2n) is 5.61. The van der Waals surface area contributed by atoms with Crippen LogP contribution in [-0.4, -0.2) is 22.4 Å². The smallest absolute Gasteiger partial charge is 0.151 e. The van der Waals surface area contributed by atoms with E-state index in [1.165, 1.54) is 25.7 Å².